The third kappa shape index (κ3) is 5.34. The van der Waals surface area contributed by atoms with Crippen LogP contribution < -0.4 is 5.90 Å². The van der Waals surface area contributed by atoms with Crippen LogP contribution in [0.2, 0.25) is 0 Å². The molecule has 2 N–H and O–H groups in total. The molecule has 1 aliphatic rings. The van der Waals surface area contributed by atoms with Crippen molar-refractivity contribution in [1.29, 1.82) is 0 Å². The summed E-state index contributed by atoms with van der Waals surface area (Å²) < 4.78 is 10.8. The molecule has 6 heteroatoms. The molecule has 1 atom stereocenters. The third-order valence-electron chi connectivity index (χ3n) is 2.35. The second-order valence-electron chi connectivity index (χ2n) is 5.08. The van der Waals surface area contributed by atoms with Crippen LogP contribution in [0.15, 0.2) is 0 Å². The Morgan fingerprint density at radius 3 is 2.82 bits per heavy atom. The smallest absolute Gasteiger partial charge is 0.410 e. The minimum absolute atomic E-state index is 0.0279. The molecule has 17 heavy (non-hydrogen) atoms. The fourth-order valence-electron chi connectivity index (χ4n) is 1.59. The summed E-state index contributed by atoms with van der Waals surface area (Å²) in [4.78, 5) is 18.0. The molecule has 1 amide bonds. The Hall–Kier alpha value is -0.850. The van der Waals surface area contributed by atoms with E-state index in [2.05, 4.69) is 4.84 Å². The predicted octanol–water partition coefficient (Wildman–Crippen LogP) is 0.903. The lowest BCUT2D eigenvalue weighted by atomic mass is 10.2. The van der Waals surface area contributed by atoms with Gasteiger partial charge in [0.15, 0.2) is 0 Å². The molecule has 0 aromatic carbocycles. The summed E-state index contributed by atoms with van der Waals surface area (Å²) >= 11 is 0. The Labute approximate surface area is 102 Å². The molecule has 0 radical (unpaired) electrons. The van der Waals surface area contributed by atoms with Crippen LogP contribution >= 0.6 is 0 Å². The summed E-state index contributed by atoms with van der Waals surface area (Å²) in [6.45, 7) is 7.59. The van der Waals surface area contributed by atoms with Crippen molar-refractivity contribution >= 4 is 6.09 Å². The van der Waals surface area contributed by atoms with E-state index in [0.717, 1.165) is 0 Å². The minimum Gasteiger partial charge on any atom is -0.444 e. The Bertz CT molecular complexity index is 252. The largest absolute Gasteiger partial charge is 0.444 e. The van der Waals surface area contributed by atoms with Crippen molar-refractivity contribution in [2.75, 3.05) is 26.3 Å². The van der Waals surface area contributed by atoms with Gasteiger partial charge in [-0.3, -0.25) is 0 Å². The molecular formula is C11H22N2O4. The zero-order valence-electron chi connectivity index (χ0n) is 10.8. The van der Waals surface area contributed by atoms with Gasteiger partial charge in [-0.2, -0.15) is 0 Å². The summed E-state index contributed by atoms with van der Waals surface area (Å²) in [5, 5.41) is 0. The van der Waals surface area contributed by atoms with Crippen LogP contribution in [0, 0.1) is 0 Å². The minimum atomic E-state index is -0.467. The highest BCUT2D eigenvalue weighted by Gasteiger charge is 2.27. The van der Waals surface area contributed by atoms with Crippen LogP contribution in [0.3, 0.4) is 0 Å². The van der Waals surface area contributed by atoms with Crippen LogP contribution in [-0.4, -0.2) is 49.0 Å². The predicted molar refractivity (Wildman–Crippen MR) is 62.3 cm³/mol. The van der Waals surface area contributed by atoms with Crippen LogP contribution in [0.5, 0.6) is 0 Å². The molecule has 0 aliphatic carbocycles. The van der Waals surface area contributed by atoms with E-state index in [1.165, 1.54) is 0 Å². The van der Waals surface area contributed by atoms with Crippen molar-refractivity contribution in [1.82, 2.24) is 4.90 Å². The fraction of sp³-hybridized carbons (Fsp3) is 0.909. The van der Waals surface area contributed by atoms with Crippen LogP contribution in [0.1, 0.15) is 27.2 Å². The molecule has 1 saturated heterocycles. The van der Waals surface area contributed by atoms with Gasteiger partial charge in [0.2, 0.25) is 0 Å². The Balaban J connectivity index is 2.40. The van der Waals surface area contributed by atoms with Gasteiger partial charge < -0.3 is 19.2 Å². The summed E-state index contributed by atoms with van der Waals surface area (Å²) in [6.07, 6.45) is 0.356. The van der Waals surface area contributed by atoms with Crippen molar-refractivity contribution in [3.05, 3.63) is 0 Å². The zero-order chi connectivity index (χ0) is 12.9. The normalized spacial score (nSPS) is 21.4. The molecule has 1 rings (SSSR count). The number of hydrogen-bond acceptors (Lipinski definition) is 5. The van der Waals surface area contributed by atoms with Gasteiger partial charge in [-0.25, -0.2) is 10.7 Å². The van der Waals surface area contributed by atoms with Crippen LogP contribution in [0.4, 0.5) is 4.79 Å². The van der Waals surface area contributed by atoms with Gasteiger partial charge in [0, 0.05) is 13.0 Å². The third-order valence-corrected chi connectivity index (χ3v) is 2.35. The first-order valence-corrected chi connectivity index (χ1v) is 5.83. The second-order valence-corrected chi connectivity index (χ2v) is 5.08. The molecule has 1 unspecified atom stereocenters. The van der Waals surface area contributed by atoms with E-state index in [0.29, 0.717) is 32.7 Å². The SMILES string of the molecule is CC(C)(C)OC(=O)N1CCOC(CCON)C1. The van der Waals surface area contributed by atoms with E-state index >= 15 is 0 Å². The van der Waals surface area contributed by atoms with Crippen molar-refractivity contribution < 1.29 is 19.1 Å². The lowest BCUT2D eigenvalue weighted by molar-refractivity contribution is -0.0525. The first-order valence-electron chi connectivity index (χ1n) is 5.83. The van der Waals surface area contributed by atoms with Gasteiger partial charge in [-0.05, 0) is 20.8 Å². The summed E-state index contributed by atoms with van der Waals surface area (Å²) in [6, 6.07) is 0. The Morgan fingerprint density at radius 2 is 2.24 bits per heavy atom. The maximum Gasteiger partial charge on any atom is 0.410 e. The molecule has 0 aromatic heterocycles. The van der Waals surface area contributed by atoms with Gasteiger partial charge in [0.25, 0.3) is 0 Å². The van der Waals surface area contributed by atoms with E-state index in [1.54, 1.807) is 4.90 Å². The van der Waals surface area contributed by atoms with E-state index in [9.17, 15) is 4.79 Å². The maximum absolute atomic E-state index is 11.8. The molecular weight excluding hydrogens is 224 g/mol. The summed E-state index contributed by atoms with van der Waals surface area (Å²) in [5.41, 5.74) is -0.467. The van der Waals surface area contributed by atoms with Crippen LogP contribution in [-0.2, 0) is 14.3 Å². The average Bonchev–Trinajstić information content (AvgIpc) is 2.24. The van der Waals surface area contributed by atoms with Gasteiger partial charge in [0.1, 0.15) is 5.60 Å². The topological polar surface area (TPSA) is 74.0 Å². The number of hydrogen-bond donors (Lipinski definition) is 1. The molecule has 1 fully saturated rings. The molecule has 6 nitrogen and oxygen atoms in total. The van der Waals surface area contributed by atoms with Gasteiger partial charge in [-0.1, -0.05) is 0 Å². The van der Waals surface area contributed by atoms with E-state index < -0.39 is 5.60 Å². The molecule has 0 bridgehead atoms. The molecule has 0 spiro atoms. The quantitative estimate of drug-likeness (QED) is 0.749. The Morgan fingerprint density at radius 1 is 1.53 bits per heavy atom. The molecule has 1 heterocycles. The number of rotatable bonds is 3. The van der Waals surface area contributed by atoms with Crippen molar-refractivity contribution in [2.45, 2.75) is 38.9 Å². The number of nitrogens with zero attached hydrogens (tertiary/aromatic N) is 1. The number of carbonyl (C=O) groups excluding carboxylic acids is 1. The summed E-state index contributed by atoms with van der Waals surface area (Å²) in [7, 11) is 0. The maximum atomic E-state index is 11.8. The number of morpholine rings is 1. The van der Waals surface area contributed by atoms with Gasteiger partial charge in [0.05, 0.1) is 25.9 Å². The lowest BCUT2D eigenvalue weighted by Gasteiger charge is -2.34. The summed E-state index contributed by atoms with van der Waals surface area (Å²) in [5.74, 6) is 4.96. The Kier molecular flexibility index (Phi) is 5.17. The van der Waals surface area contributed by atoms with Crippen molar-refractivity contribution in [3.63, 3.8) is 0 Å². The molecule has 1 aliphatic heterocycles. The number of ether oxygens (including phenoxy) is 2. The van der Waals surface area contributed by atoms with E-state index in [4.69, 9.17) is 15.4 Å². The first-order chi connectivity index (χ1) is 7.92. The number of amides is 1. The van der Waals surface area contributed by atoms with Crippen molar-refractivity contribution in [3.8, 4) is 0 Å². The highest BCUT2D eigenvalue weighted by Crippen LogP contribution is 2.14. The lowest BCUT2D eigenvalue weighted by Crippen LogP contribution is -2.47. The molecule has 0 saturated carbocycles. The van der Waals surface area contributed by atoms with Gasteiger partial charge >= 0.3 is 6.09 Å². The molecule has 100 valence electrons. The van der Waals surface area contributed by atoms with Crippen LogP contribution in [0.25, 0.3) is 0 Å². The second kappa shape index (κ2) is 6.18. The number of nitrogens with two attached hydrogens (primary N) is 1. The average molecular weight is 246 g/mol. The first kappa shape index (κ1) is 14.2. The fourth-order valence-corrected chi connectivity index (χ4v) is 1.59. The standard InChI is InChI=1S/C11H22N2O4/c1-11(2,3)17-10(14)13-5-7-15-9(8-13)4-6-16-12/h9H,4-8,12H2,1-3H3. The van der Waals surface area contributed by atoms with Gasteiger partial charge in [-0.15, -0.1) is 0 Å². The zero-order valence-corrected chi connectivity index (χ0v) is 10.8. The number of carbonyl (C=O) groups is 1. The monoisotopic (exact) mass is 246 g/mol. The van der Waals surface area contributed by atoms with E-state index in [-0.39, 0.29) is 12.2 Å². The highest BCUT2D eigenvalue weighted by molar-refractivity contribution is 5.68. The highest BCUT2D eigenvalue weighted by atomic mass is 16.6. The molecule has 0 aromatic rings. The van der Waals surface area contributed by atoms with Crippen molar-refractivity contribution in [2.24, 2.45) is 5.90 Å². The van der Waals surface area contributed by atoms with E-state index in [1.807, 2.05) is 20.8 Å².